The van der Waals surface area contributed by atoms with E-state index in [2.05, 4.69) is 21.1 Å². The van der Waals surface area contributed by atoms with Crippen molar-refractivity contribution in [2.24, 2.45) is 17.8 Å². The molecule has 0 saturated carbocycles. The fourth-order valence-corrected chi connectivity index (χ4v) is 4.48. The van der Waals surface area contributed by atoms with Gasteiger partial charge >= 0.3 is 0 Å². The molecule has 2 aliphatic heterocycles. The molecule has 0 amide bonds. The van der Waals surface area contributed by atoms with Gasteiger partial charge in [-0.05, 0) is 41.5 Å². The molecule has 9 heteroatoms. The lowest BCUT2D eigenvalue weighted by Crippen LogP contribution is -2.31. The predicted octanol–water partition coefficient (Wildman–Crippen LogP) is 3.85. The number of aromatic nitrogens is 3. The molecule has 8 nitrogen and oxygen atoms in total. The van der Waals surface area contributed by atoms with Gasteiger partial charge in [0.05, 0.1) is 11.8 Å². The molecule has 2 N–H and O–H groups in total. The van der Waals surface area contributed by atoms with Crippen LogP contribution in [0.15, 0.2) is 66.2 Å². The monoisotopic (exact) mass is 452 g/mol. The second-order valence-corrected chi connectivity index (χ2v) is 8.22. The van der Waals surface area contributed by atoms with Crippen LogP contribution in [0, 0.1) is 17.1 Å². The lowest BCUT2D eigenvalue weighted by Gasteiger charge is -2.34. The number of amidine groups is 1. The van der Waals surface area contributed by atoms with Gasteiger partial charge in [-0.2, -0.15) is 10.4 Å². The van der Waals surface area contributed by atoms with Crippen molar-refractivity contribution in [3.63, 3.8) is 0 Å². The van der Waals surface area contributed by atoms with Gasteiger partial charge in [0.2, 0.25) is 0 Å². The molecule has 0 unspecified atom stereocenters. The third-order valence-electron chi connectivity index (χ3n) is 6.10. The first kappa shape index (κ1) is 19.9. The van der Waals surface area contributed by atoms with Crippen LogP contribution in [0.25, 0.3) is 22.3 Å². The average Bonchev–Trinajstić information content (AvgIpc) is 3.46. The van der Waals surface area contributed by atoms with Crippen LogP contribution in [0.5, 0.6) is 11.5 Å². The zero-order valence-electron chi connectivity index (χ0n) is 18.0. The van der Waals surface area contributed by atoms with Crippen LogP contribution in [0.2, 0.25) is 0 Å². The maximum atomic E-state index is 15.4. The van der Waals surface area contributed by atoms with Crippen molar-refractivity contribution in [3.8, 4) is 39.8 Å². The van der Waals surface area contributed by atoms with Crippen LogP contribution in [0.1, 0.15) is 16.7 Å². The van der Waals surface area contributed by atoms with E-state index in [1.54, 1.807) is 36.3 Å². The van der Waals surface area contributed by atoms with E-state index in [9.17, 15) is 5.26 Å². The van der Waals surface area contributed by atoms with Crippen molar-refractivity contribution < 1.29 is 13.9 Å². The number of halogens is 1. The number of ether oxygens (including phenoxy) is 2. The summed E-state index contributed by atoms with van der Waals surface area (Å²) >= 11 is 0. The number of aryl methyl sites for hydroxylation is 1. The average molecular weight is 452 g/mol. The summed E-state index contributed by atoms with van der Waals surface area (Å²) in [5.74, 6) is 0.0239. The predicted molar refractivity (Wildman–Crippen MR) is 121 cm³/mol. The molecular weight excluding hydrogens is 435 g/mol. The number of fused-ring (bicyclic) bond motifs is 4. The minimum absolute atomic E-state index is 0.0181. The molecule has 1 atom stereocenters. The van der Waals surface area contributed by atoms with Gasteiger partial charge in [0.25, 0.3) is 6.02 Å². The lowest BCUT2D eigenvalue weighted by molar-refractivity contribution is 0.262. The van der Waals surface area contributed by atoms with Crippen LogP contribution in [0.3, 0.4) is 0 Å². The number of benzene rings is 2. The van der Waals surface area contributed by atoms with Gasteiger partial charge in [0.15, 0.2) is 17.1 Å². The number of rotatable bonds is 2. The lowest BCUT2D eigenvalue weighted by atomic mass is 9.79. The second kappa shape index (κ2) is 7.15. The molecule has 0 aliphatic carbocycles. The Labute approximate surface area is 193 Å². The molecular formula is C25H17FN6O2. The van der Waals surface area contributed by atoms with Crippen LogP contribution in [-0.2, 0) is 17.3 Å². The summed E-state index contributed by atoms with van der Waals surface area (Å²) in [4.78, 5) is 8.80. The molecule has 0 radical (unpaired) electrons. The molecule has 2 aromatic heterocycles. The van der Waals surface area contributed by atoms with E-state index < -0.39 is 11.4 Å². The molecule has 6 rings (SSSR count). The number of nitrogens with two attached hydrogens (primary N) is 1. The Morgan fingerprint density at radius 2 is 1.91 bits per heavy atom. The first-order valence-corrected chi connectivity index (χ1v) is 10.5. The highest BCUT2D eigenvalue weighted by Crippen LogP contribution is 2.53. The first-order valence-electron chi connectivity index (χ1n) is 10.5. The molecule has 2 aliphatic rings. The largest absolute Gasteiger partial charge is 0.462 e. The normalized spacial score (nSPS) is 17.9. The van der Waals surface area contributed by atoms with Crippen LogP contribution in [-0.4, -0.2) is 27.4 Å². The van der Waals surface area contributed by atoms with E-state index in [0.29, 0.717) is 28.0 Å². The second-order valence-electron chi connectivity index (χ2n) is 8.22. The highest BCUT2D eigenvalue weighted by atomic mass is 19.1. The number of pyridine rings is 1. The topological polar surface area (TPSA) is 111 Å². The quantitative estimate of drug-likeness (QED) is 0.494. The van der Waals surface area contributed by atoms with Gasteiger partial charge in [-0.3, -0.25) is 9.67 Å². The Morgan fingerprint density at radius 1 is 1.06 bits per heavy atom. The van der Waals surface area contributed by atoms with Gasteiger partial charge in [-0.25, -0.2) is 9.38 Å². The highest BCUT2D eigenvalue weighted by Gasteiger charge is 2.48. The first-order chi connectivity index (χ1) is 16.5. The maximum absolute atomic E-state index is 15.4. The third-order valence-corrected chi connectivity index (χ3v) is 6.10. The smallest absolute Gasteiger partial charge is 0.283 e. The zero-order chi connectivity index (χ0) is 23.4. The molecule has 34 heavy (non-hydrogen) atoms. The minimum Gasteiger partial charge on any atom is -0.462 e. The van der Waals surface area contributed by atoms with Crippen LogP contribution in [0.4, 0.5) is 4.39 Å². The molecule has 2 aromatic carbocycles. The Bertz CT molecular complexity index is 1550. The van der Waals surface area contributed by atoms with E-state index in [4.69, 9.17) is 15.2 Å². The fourth-order valence-electron chi connectivity index (χ4n) is 4.48. The van der Waals surface area contributed by atoms with E-state index in [0.717, 1.165) is 16.7 Å². The Morgan fingerprint density at radius 3 is 2.65 bits per heavy atom. The Hall–Kier alpha value is -4.71. The molecule has 0 saturated heterocycles. The van der Waals surface area contributed by atoms with E-state index in [1.165, 1.54) is 12.3 Å². The fraction of sp³-hybridized carbons (Fsp3) is 0.120. The minimum atomic E-state index is -1.09. The summed E-state index contributed by atoms with van der Waals surface area (Å²) in [5.41, 5.74) is 9.47. The molecule has 4 heterocycles. The zero-order valence-corrected chi connectivity index (χ0v) is 18.0. The summed E-state index contributed by atoms with van der Waals surface area (Å²) in [6.07, 6.45) is 6.65. The van der Waals surface area contributed by atoms with Crippen LogP contribution < -0.4 is 10.5 Å². The highest BCUT2D eigenvalue weighted by molar-refractivity contribution is 5.79. The van der Waals surface area contributed by atoms with Crippen molar-refractivity contribution in [2.75, 3.05) is 6.61 Å². The van der Waals surface area contributed by atoms with Crippen molar-refractivity contribution in [2.45, 2.75) is 5.54 Å². The summed E-state index contributed by atoms with van der Waals surface area (Å²) in [6.45, 7) is 0.0953. The van der Waals surface area contributed by atoms with Crippen molar-refractivity contribution in [3.05, 3.63) is 83.7 Å². The number of hydrogen-bond donors (Lipinski definition) is 1. The van der Waals surface area contributed by atoms with Crippen molar-refractivity contribution in [1.29, 1.82) is 5.26 Å². The molecule has 4 aromatic rings. The van der Waals surface area contributed by atoms with E-state index >= 15 is 4.39 Å². The summed E-state index contributed by atoms with van der Waals surface area (Å²) in [5, 5.41) is 13.4. The maximum Gasteiger partial charge on any atom is 0.283 e. The molecule has 166 valence electrons. The number of nitrogens with zero attached hydrogens (tertiary/aromatic N) is 5. The van der Waals surface area contributed by atoms with Crippen LogP contribution >= 0.6 is 0 Å². The number of nitriles is 1. The summed E-state index contributed by atoms with van der Waals surface area (Å²) in [6, 6.07) is 12.6. The number of hydrogen-bond acceptors (Lipinski definition) is 7. The molecule has 0 bridgehead atoms. The van der Waals surface area contributed by atoms with Gasteiger partial charge in [-0.1, -0.05) is 6.07 Å². The Balaban J connectivity index is 1.57. The molecule has 0 fully saturated rings. The van der Waals surface area contributed by atoms with Gasteiger partial charge in [0, 0.05) is 47.9 Å². The van der Waals surface area contributed by atoms with Crippen molar-refractivity contribution >= 4 is 6.02 Å². The van der Waals surface area contributed by atoms with E-state index in [-0.39, 0.29) is 18.4 Å². The van der Waals surface area contributed by atoms with Gasteiger partial charge in [-0.15, -0.1) is 0 Å². The van der Waals surface area contributed by atoms with Crippen molar-refractivity contribution in [1.82, 2.24) is 14.8 Å². The number of aliphatic imine (C=N–C) groups is 1. The van der Waals surface area contributed by atoms with E-state index in [1.807, 2.05) is 24.4 Å². The van der Waals surface area contributed by atoms with Gasteiger partial charge < -0.3 is 15.2 Å². The molecule has 1 spiro atoms. The summed E-state index contributed by atoms with van der Waals surface area (Å²) < 4.78 is 28.7. The summed E-state index contributed by atoms with van der Waals surface area (Å²) in [7, 11) is 1.80. The van der Waals surface area contributed by atoms with Gasteiger partial charge in [0.1, 0.15) is 18.4 Å². The SMILES string of the molecule is Cn1cc(-c2cc(F)c3c(c2)[C@]2(COC(N)=N2)c2cc(-c4cncc(C#N)c4)ccc2O3)cn1. The Kier molecular flexibility index (Phi) is 4.19. The standard InChI is InChI=1S/C25H17FN6O2/c1-32-12-18(11-30-32)16-6-20-23(21(26)7-16)34-22-3-2-15(17-4-14(8-27)9-29-10-17)5-19(22)25(20)13-33-24(28)31-25/h2-7,9-12H,13H2,1H3,(H2,28,31)/t25-/m0/s1. The third kappa shape index (κ3) is 2.93.